The molecule has 1 aromatic carbocycles. The molecule has 0 amide bonds. The smallest absolute Gasteiger partial charge is 0.124 e. The molecule has 1 atom stereocenters. The standard InChI is InChI=1S/C16H24O3/c1-12(17)14-7-8-16(18-2)15(9-14)11-19-10-13-5-3-4-6-13/h7-9,12-13,17H,3-6,10-11H2,1-2H3. The van der Waals surface area contributed by atoms with Crippen LogP contribution in [0.3, 0.4) is 0 Å². The van der Waals surface area contributed by atoms with Gasteiger partial charge in [0.15, 0.2) is 0 Å². The first-order valence-electron chi connectivity index (χ1n) is 7.13. The van der Waals surface area contributed by atoms with Gasteiger partial charge in [-0.2, -0.15) is 0 Å². The highest BCUT2D eigenvalue weighted by molar-refractivity contribution is 5.37. The second-order valence-corrected chi connectivity index (χ2v) is 5.41. The maximum Gasteiger partial charge on any atom is 0.124 e. The molecule has 1 N–H and O–H groups in total. The van der Waals surface area contributed by atoms with E-state index in [1.54, 1.807) is 14.0 Å². The van der Waals surface area contributed by atoms with E-state index in [1.807, 2.05) is 18.2 Å². The third kappa shape index (κ3) is 3.95. The van der Waals surface area contributed by atoms with Crippen molar-refractivity contribution < 1.29 is 14.6 Å². The van der Waals surface area contributed by atoms with Gasteiger partial charge in [-0.3, -0.25) is 0 Å². The van der Waals surface area contributed by atoms with E-state index in [-0.39, 0.29) is 0 Å². The van der Waals surface area contributed by atoms with Gasteiger partial charge in [0.1, 0.15) is 5.75 Å². The molecule has 0 radical (unpaired) electrons. The van der Waals surface area contributed by atoms with E-state index < -0.39 is 6.10 Å². The van der Waals surface area contributed by atoms with Crippen LogP contribution in [0.4, 0.5) is 0 Å². The molecular weight excluding hydrogens is 240 g/mol. The minimum atomic E-state index is -0.459. The van der Waals surface area contributed by atoms with Gasteiger partial charge in [-0.1, -0.05) is 18.9 Å². The second-order valence-electron chi connectivity index (χ2n) is 5.41. The highest BCUT2D eigenvalue weighted by Gasteiger charge is 2.15. The molecule has 0 heterocycles. The predicted octanol–water partition coefficient (Wildman–Crippen LogP) is 3.46. The van der Waals surface area contributed by atoms with E-state index >= 15 is 0 Å². The van der Waals surface area contributed by atoms with Gasteiger partial charge in [0.05, 0.1) is 19.8 Å². The number of aliphatic hydroxyl groups excluding tert-OH is 1. The Kier molecular flexibility index (Phi) is 5.23. The molecule has 3 heteroatoms. The number of benzene rings is 1. The van der Waals surface area contributed by atoms with Crippen molar-refractivity contribution in [1.82, 2.24) is 0 Å². The van der Waals surface area contributed by atoms with E-state index in [9.17, 15) is 5.11 Å². The fraction of sp³-hybridized carbons (Fsp3) is 0.625. The second kappa shape index (κ2) is 6.92. The van der Waals surface area contributed by atoms with Gasteiger partial charge < -0.3 is 14.6 Å². The van der Waals surface area contributed by atoms with Crippen LogP contribution in [0, 0.1) is 5.92 Å². The summed E-state index contributed by atoms with van der Waals surface area (Å²) in [5.74, 6) is 1.56. The summed E-state index contributed by atoms with van der Waals surface area (Å²) in [5.41, 5.74) is 1.92. The molecule has 2 rings (SSSR count). The average Bonchev–Trinajstić information content (AvgIpc) is 2.91. The quantitative estimate of drug-likeness (QED) is 0.855. The Morgan fingerprint density at radius 1 is 1.32 bits per heavy atom. The maximum atomic E-state index is 9.63. The molecule has 0 aliphatic heterocycles. The van der Waals surface area contributed by atoms with E-state index in [0.29, 0.717) is 6.61 Å². The van der Waals surface area contributed by atoms with Gasteiger partial charge >= 0.3 is 0 Å². The molecule has 0 aromatic heterocycles. The number of hydrogen-bond acceptors (Lipinski definition) is 3. The Hall–Kier alpha value is -1.06. The van der Waals surface area contributed by atoms with Gasteiger partial charge in [0.2, 0.25) is 0 Å². The summed E-state index contributed by atoms with van der Waals surface area (Å²) in [6, 6.07) is 5.76. The van der Waals surface area contributed by atoms with Crippen LogP contribution in [0.5, 0.6) is 5.75 Å². The Balaban J connectivity index is 1.94. The van der Waals surface area contributed by atoms with Crippen molar-refractivity contribution in [2.45, 2.75) is 45.3 Å². The number of ether oxygens (including phenoxy) is 2. The van der Waals surface area contributed by atoms with Crippen LogP contribution in [-0.4, -0.2) is 18.8 Å². The van der Waals surface area contributed by atoms with Gasteiger partial charge in [-0.25, -0.2) is 0 Å². The molecule has 0 saturated heterocycles. The normalized spacial score (nSPS) is 17.6. The third-order valence-corrected chi connectivity index (χ3v) is 3.87. The largest absolute Gasteiger partial charge is 0.496 e. The number of rotatable bonds is 6. The number of methoxy groups -OCH3 is 1. The van der Waals surface area contributed by atoms with Crippen molar-refractivity contribution in [2.75, 3.05) is 13.7 Å². The van der Waals surface area contributed by atoms with Crippen molar-refractivity contribution >= 4 is 0 Å². The monoisotopic (exact) mass is 264 g/mol. The molecule has 1 unspecified atom stereocenters. The molecule has 1 saturated carbocycles. The van der Waals surface area contributed by atoms with Crippen LogP contribution in [0.15, 0.2) is 18.2 Å². The van der Waals surface area contributed by atoms with Gasteiger partial charge in [-0.05, 0) is 43.4 Å². The van der Waals surface area contributed by atoms with E-state index in [0.717, 1.165) is 29.4 Å². The summed E-state index contributed by atoms with van der Waals surface area (Å²) in [6.45, 7) is 3.16. The first-order chi connectivity index (χ1) is 9.20. The first kappa shape index (κ1) is 14.4. The summed E-state index contributed by atoms with van der Waals surface area (Å²) < 4.78 is 11.2. The Labute approximate surface area is 115 Å². The molecule has 1 aromatic rings. The fourth-order valence-electron chi connectivity index (χ4n) is 2.68. The van der Waals surface area contributed by atoms with Crippen LogP contribution in [-0.2, 0) is 11.3 Å². The lowest BCUT2D eigenvalue weighted by atomic mass is 10.1. The van der Waals surface area contributed by atoms with Crippen molar-refractivity contribution in [1.29, 1.82) is 0 Å². The lowest BCUT2D eigenvalue weighted by Gasteiger charge is -2.14. The SMILES string of the molecule is COc1ccc(C(C)O)cc1COCC1CCCC1. The van der Waals surface area contributed by atoms with Crippen molar-refractivity contribution in [3.8, 4) is 5.75 Å². The van der Waals surface area contributed by atoms with Crippen molar-refractivity contribution in [3.63, 3.8) is 0 Å². The van der Waals surface area contributed by atoms with E-state index in [1.165, 1.54) is 25.7 Å². The molecule has 1 aliphatic rings. The number of aliphatic hydroxyl groups is 1. The summed E-state index contributed by atoms with van der Waals surface area (Å²) in [4.78, 5) is 0. The van der Waals surface area contributed by atoms with Gasteiger partial charge in [0, 0.05) is 12.2 Å². The molecular formula is C16H24O3. The zero-order valence-corrected chi connectivity index (χ0v) is 11.9. The van der Waals surface area contributed by atoms with Crippen LogP contribution in [0.25, 0.3) is 0 Å². The molecule has 0 spiro atoms. The Morgan fingerprint density at radius 2 is 2.05 bits per heavy atom. The fourth-order valence-corrected chi connectivity index (χ4v) is 2.68. The van der Waals surface area contributed by atoms with Crippen LogP contribution >= 0.6 is 0 Å². The number of hydrogen-bond donors (Lipinski definition) is 1. The van der Waals surface area contributed by atoms with Crippen molar-refractivity contribution in [2.24, 2.45) is 5.92 Å². The highest BCUT2D eigenvalue weighted by atomic mass is 16.5. The van der Waals surface area contributed by atoms with Gasteiger partial charge in [0.25, 0.3) is 0 Å². The summed E-state index contributed by atoms with van der Waals surface area (Å²) in [6.07, 6.45) is 4.82. The minimum absolute atomic E-state index is 0.459. The molecule has 0 bridgehead atoms. The Morgan fingerprint density at radius 3 is 2.68 bits per heavy atom. The molecule has 1 aliphatic carbocycles. The maximum absolute atomic E-state index is 9.63. The van der Waals surface area contributed by atoms with E-state index in [4.69, 9.17) is 9.47 Å². The lowest BCUT2D eigenvalue weighted by Crippen LogP contribution is -2.06. The average molecular weight is 264 g/mol. The first-order valence-corrected chi connectivity index (χ1v) is 7.13. The Bertz CT molecular complexity index is 395. The molecule has 19 heavy (non-hydrogen) atoms. The van der Waals surface area contributed by atoms with Gasteiger partial charge in [-0.15, -0.1) is 0 Å². The third-order valence-electron chi connectivity index (χ3n) is 3.87. The molecule has 1 fully saturated rings. The zero-order valence-electron chi connectivity index (χ0n) is 11.9. The lowest BCUT2D eigenvalue weighted by molar-refractivity contribution is 0.0872. The van der Waals surface area contributed by atoms with Crippen LogP contribution in [0.2, 0.25) is 0 Å². The molecule has 3 nitrogen and oxygen atoms in total. The summed E-state index contributed by atoms with van der Waals surface area (Å²) in [5, 5.41) is 9.63. The topological polar surface area (TPSA) is 38.7 Å². The van der Waals surface area contributed by atoms with Crippen molar-refractivity contribution in [3.05, 3.63) is 29.3 Å². The van der Waals surface area contributed by atoms with Crippen LogP contribution in [0.1, 0.15) is 49.8 Å². The molecule has 106 valence electrons. The summed E-state index contributed by atoms with van der Waals surface area (Å²) >= 11 is 0. The highest BCUT2D eigenvalue weighted by Crippen LogP contribution is 2.27. The minimum Gasteiger partial charge on any atom is -0.496 e. The zero-order chi connectivity index (χ0) is 13.7. The summed E-state index contributed by atoms with van der Waals surface area (Å²) in [7, 11) is 1.66. The predicted molar refractivity (Wildman–Crippen MR) is 75.2 cm³/mol. The van der Waals surface area contributed by atoms with E-state index in [2.05, 4.69) is 0 Å². The van der Waals surface area contributed by atoms with Crippen LogP contribution < -0.4 is 4.74 Å².